The van der Waals surface area contributed by atoms with Crippen LogP contribution in [0.3, 0.4) is 0 Å². The van der Waals surface area contributed by atoms with E-state index in [0.717, 1.165) is 11.1 Å². The zero-order valence-corrected chi connectivity index (χ0v) is 12.8. The van der Waals surface area contributed by atoms with Crippen LogP contribution in [0.4, 0.5) is 14.9 Å². The Labute approximate surface area is 133 Å². The number of halogens is 1. The molecule has 2 aromatic carbocycles. The Morgan fingerprint density at radius 3 is 2.87 bits per heavy atom. The summed E-state index contributed by atoms with van der Waals surface area (Å²) in [5.41, 5.74) is 3.60. The number of amides is 2. The van der Waals surface area contributed by atoms with E-state index in [2.05, 4.69) is 34.7 Å². The minimum atomic E-state index is -0.449. The van der Waals surface area contributed by atoms with Crippen LogP contribution < -0.4 is 10.6 Å². The molecule has 2 amide bonds. The van der Waals surface area contributed by atoms with Crippen molar-refractivity contribution < 1.29 is 9.18 Å². The Morgan fingerprint density at radius 1 is 1.22 bits per heavy atom. The third-order valence-corrected chi connectivity index (χ3v) is 3.72. The second-order valence-electron chi connectivity index (χ2n) is 5.47. The van der Waals surface area contributed by atoms with Gasteiger partial charge in [-0.25, -0.2) is 9.18 Å². The first-order valence-electron chi connectivity index (χ1n) is 7.49. The summed E-state index contributed by atoms with van der Waals surface area (Å²) < 4.78 is 13.5. The van der Waals surface area contributed by atoms with Crippen molar-refractivity contribution in [1.82, 2.24) is 10.3 Å². The van der Waals surface area contributed by atoms with E-state index in [9.17, 15) is 9.18 Å². The lowest BCUT2D eigenvalue weighted by Crippen LogP contribution is -2.30. The van der Waals surface area contributed by atoms with Gasteiger partial charge in [0.1, 0.15) is 5.82 Å². The van der Waals surface area contributed by atoms with Gasteiger partial charge in [-0.3, -0.25) is 0 Å². The fraction of sp³-hybridized carbons (Fsp3) is 0.167. The fourth-order valence-electron chi connectivity index (χ4n) is 2.54. The number of H-pyrrole nitrogens is 1. The number of hydrogen-bond acceptors (Lipinski definition) is 1. The van der Waals surface area contributed by atoms with Gasteiger partial charge in [-0.1, -0.05) is 23.8 Å². The first kappa shape index (κ1) is 15.1. The van der Waals surface area contributed by atoms with Gasteiger partial charge in [0.05, 0.1) is 5.69 Å². The van der Waals surface area contributed by atoms with Crippen molar-refractivity contribution in [1.29, 1.82) is 0 Å². The Balaban J connectivity index is 1.57. The average Bonchev–Trinajstić information content (AvgIpc) is 2.92. The quantitative estimate of drug-likeness (QED) is 0.670. The second kappa shape index (κ2) is 6.52. The van der Waals surface area contributed by atoms with Gasteiger partial charge in [-0.2, -0.15) is 0 Å². The van der Waals surface area contributed by atoms with Crippen LogP contribution in [0.5, 0.6) is 0 Å². The van der Waals surface area contributed by atoms with Crippen molar-refractivity contribution in [3.8, 4) is 0 Å². The van der Waals surface area contributed by atoms with Crippen molar-refractivity contribution in [2.24, 2.45) is 0 Å². The summed E-state index contributed by atoms with van der Waals surface area (Å²) in [5, 5.41) is 6.42. The minimum absolute atomic E-state index is 0.174. The number of hydrogen-bond donors (Lipinski definition) is 3. The van der Waals surface area contributed by atoms with Crippen LogP contribution in [0.15, 0.2) is 48.7 Å². The molecule has 0 aliphatic carbocycles. The van der Waals surface area contributed by atoms with Gasteiger partial charge in [-0.05, 0) is 43.2 Å². The molecule has 0 aliphatic heterocycles. The number of anilines is 1. The van der Waals surface area contributed by atoms with Gasteiger partial charge >= 0.3 is 6.03 Å². The van der Waals surface area contributed by atoms with E-state index in [0.29, 0.717) is 13.0 Å². The normalized spacial score (nSPS) is 10.7. The summed E-state index contributed by atoms with van der Waals surface area (Å²) in [5.74, 6) is -0.449. The number of para-hydroxylation sites is 1. The lowest BCUT2D eigenvalue weighted by molar-refractivity contribution is 0.252. The van der Waals surface area contributed by atoms with Crippen LogP contribution in [-0.4, -0.2) is 17.6 Å². The van der Waals surface area contributed by atoms with E-state index in [1.807, 2.05) is 12.3 Å². The average molecular weight is 311 g/mol. The smallest absolute Gasteiger partial charge is 0.319 e. The number of aryl methyl sites for hydroxylation is 1. The van der Waals surface area contributed by atoms with Crippen molar-refractivity contribution in [3.05, 3.63) is 65.6 Å². The standard InChI is InChI=1S/C18H18FN3O/c1-12-6-7-16-14(10-12)13(11-21-16)8-9-20-18(23)22-17-5-3-2-4-15(17)19/h2-7,10-11,21H,8-9H2,1H3,(H2,20,22,23). The van der Waals surface area contributed by atoms with Gasteiger partial charge in [0.2, 0.25) is 0 Å². The largest absolute Gasteiger partial charge is 0.361 e. The molecule has 1 heterocycles. The topological polar surface area (TPSA) is 56.9 Å². The highest BCUT2D eigenvalue weighted by atomic mass is 19.1. The van der Waals surface area contributed by atoms with E-state index < -0.39 is 11.8 Å². The molecule has 0 spiro atoms. The lowest BCUT2D eigenvalue weighted by atomic mass is 10.1. The Hall–Kier alpha value is -2.82. The van der Waals surface area contributed by atoms with Crippen molar-refractivity contribution in [3.63, 3.8) is 0 Å². The highest BCUT2D eigenvalue weighted by molar-refractivity contribution is 5.89. The Morgan fingerprint density at radius 2 is 2.04 bits per heavy atom. The molecule has 0 saturated heterocycles. The number of carbonyl (C=O) groups is 1. The Kier molecular flexibility index (Phi) is 4.28. The molecule has 0 fully saturated rings. The molecule has 0 radical (unpaired) electrons. The minimum Gasteiger partial charge on any atom is -0.361 e. The summed E-state index contributed by atoms with van der Waals surface area (Å²) in [6.45, 7) is 2.53. The third-order valence-electron chi connectivity index (χ3n) is 3.72. The van der Waals surface area contributed by atoms with Gasteiger partial charge in [0.15, 0.2) is 0 Å². The molecule has 0 saturated carbocycles. The maximum atomic E-state index is 13.5. The molecule has 3 N–H and O–H groups in total. The number of nitrogens with one attached hydrogen (secondary N) is 3. The van der Waals surface area contributed by atoms with E-state index in [4.69, 9.17) is 0 Å². The van der Waals surface area contributed by atoms with E-state index in [1.165, 1.54) is 23.1 Å². The number of benzene rings is 2. The molecule has 3 aromatic rings. The highest BCUT2D eigenvalue weighted by Gasteiger charge is 2.07. The van der Waals surface area contributed by atoms with Gasteiger partial charge in [0.25, 0.3) is 0 Å². The number of carbonyl (C=O) groups excluding carboxylic acids is 1. The zero-order chi connectivity index (χ0) is 16.2. The molecule has 4 nitrogen and oxygen atoms in total. The van der Waals surface area contributed by atoms with Crippen molar-refractivity contribution >= 4 is 22.6 Å². The van der Waals surface area contributed by atoms with E-state index >= 15 is 0 Å². The zero-order valence-electron chi connectivity index (χ0n) is 12.8. The molecule has 0 unspecified atom stereocenters. The maximum absolute atomic E-state index is 13.5. The molecular weight excluding hydrogens is 293 g/mol. The summed E-state index contributed by atoms with van der Waals surface area (Å²) >= 11 is 0. The van der Waals surface area contributed by atoms with Crippen molar-refractivity contribution in [2.45, 2.75) is 13.3 Å². The number of fused-ring (bicyclic) bond motifs is 1. The number of aromatic amines is 1. The predicted molar refractivity (Wildman–Crippen MR) is 90.2 cm³/mol. The highest BCUT2D eigenvalue weighted by Crippen LogP contribution is 2.19. The monoisotopic (exact) mass is 311 g/mol. The van der Waals surface area contributed by atoms with Gasteiger partial charge in [-0.15, -0.1) is 0 Å². The summed E-state index contributed by atoms with van der Waals surface area (Å²) in [7, 11) is 0. The SMILES string of the molecule is Cc1ccc2[nH]cc(CCNC(=O)Nc3ccccc3F)c2c1. The third kappa shape index (κ3) is 3.51. The molecule has 118 valence electrons. The first-order chi connectivity index (χ1) is 11.1. The Bertz CT molecular complexity index is 841. The van der Waals surface area contributed by atoms with Crippen LogP contribution in [0.25, 0.3) is 10.9 Å². The van der Waals surface area contributed by atoms with Gasteiger partial charge < -0.3 is 15.6 Å². The predicted octanol–water partition coefficient (Wildman–Crippen LogP) is 3.98. The molecule has 5 heteroatoms. The summed E-state index contributed by atoms with van der Waals surface area (Å²) in [6.07, 6.45) is 2.66. The van der Waals surface area contributed by atoms with Crippen LogP contribution in [-0.2, 0) is 6.42 Å². The van der Waals surface area contributed by atoms with E-state index in [1.54, 1.807) is 12.1 Å². The van der Waals surface area contributed by atoms with E-state index in [-0.39, 0.29) is 5.69 Å². The number of aromatic nitrogens is 1. The first-order valence-corrected chi connectivity index (χ1v) is 7.49. The van der Waals surface area contributed by atoms with Crippen LogP contribution in [0, 0.1) is 12.7 Å². The summed E-state index contributed by atoms with van der Waals surface area (Å²) in [6, 6.07) is 11.9. The lowest BCUT2D eigenvalue weighted by Gasteiger charge is -2.08. The molecule has 1 aromatic heterocycles. The fourth-order valence-corrected chi connectivity index (χ4v) is 2.54. The molecule has 0 atom stereocenters. The molecule has 3 rings (SSSR count). The van der Waals surface area contributed by atoms with Crippen LogP contribution >= 0.6 is 0 Å². The number of rotatable bonds is 4. The van der Waals surface area contributed by atoms with Crippen molar-refractivity contribution in [2.75, 3.05) is 11.9 Å². The molecule has 0 aliphatic rings. The van der Waals surface area contributed by atoms with Crippen LogP contribution in [0.2, 0.25) is 0 Å². The second-order valence-corrected chi connectivity index (χ2v) is 5.47. The van der Waals surface area contributed by atoms with Gasteiger partial charge in [0, 0.05) is 23.6 Å². The summed E-state index contributed by atoms with van der Waals surface area (Å²) in [4.78, 5) is 15.0. The number of urea groups is 1. The molecular formula is C18H18FN3O. The maximum Gasteiger partial charge on any atom is 0.319 e. The molecule has 0 bridgehead atoms. The molecule has 23 heavy (non-hydrogen) atoms. The van der Waals surface area contributed by atoms with Crippen LogP contribution in [0.1, 0.15) is 11.1 Å².